The maximum Gasteiger partial charge on any atom is 0.306 e. The SMILES string of the molecule is CS(=O)(=O)c1cccc(NC(=O)COC(=O)CCc2nc3ccccc3o2)c1. The lowest BCUT2D eigenvalue weighted by atomic mass is 10.3. The van der Waals surface area contributed by atoms with Crippen molar-refractivity contribution >= 4 is 38.5 Å². The summed E-state index contributed by atoms with van der Waals surface area (Å²) in [5.74, 6) is -0.719. The molecule has 2 aromatic carbocycles. The van der Waals surface area contributed by atoms with E-state index in [1.54, 1.807) is 12.1 Å². The van der Waals surface area contributed by atoms with Crippen LogP contribution in [0, 0.1) is 0 Å². The van der Waals surface area contributed by atoms with Crippen molar-refractivity contribution in [3.63, 3.8) is 0 Å². The molecule has 0 bridgehead atoms. The predicted octanol–water partition coefficient (Wildman–Crippen LogP) is 2.35. The highest BCUT2D eigenvalue weighted by molar-refractivity contribution is 7.90. The zero-order valence-corrected chi connectivity index (χ0v) is 15.9. The van der Waals surface area contributed by atoms with Gasteiger partial charge in [-0.15, -0.1) is 0 Å². The van der Waals surface area contributed by atoms with E-state index in [1.807, 2.05) is 18.2 Å². The van der Waals surface area contributed by atoms with Crippen molar-refractivity contribution in [2.75, 3.05) is 18.2 Å². The van der Waals surface area contributed by atoms with Gasteiger partial charge in [0.15, 0.2) is 27.9 Å². The Morgan fingerprint density at radius 1 is 1.14 bits per heavy atom. The molecule has 1 N–H and O–H groups in total. The molecule has 0 saturated carbocycles. The Balaban J connectivity index is 1.47. The first-order valence-electron chi connectivity index (χ1n) is 8.41. The molecule has 0 radical (unpaired) electrons. The van der Waals surface area contributed by atoms with E-state index >= 15 is 0 Å². The number of para-hydroxylation sites is 2. The van der Waals surface area contributed by atoms with Gasteiger partial charge in [-0.3, -0.25) is 9.59 Å². The zero-order chi connectivity index (χ0) is 20.1. The summed E-state index contributed by atoms with van der Waals surface area (Å²) in [6.45, 7) is -0.477. The molecule has 8 nitrogen and oxygen atoms in total. The number of nitrogens with one attached hydrogen (secondary N) is 1. The van der Waals surface area contributed by atoms with Crippen LogP contribution < -0.4 is 5.32 Å². The number of sulfone groups is 1. The lowest BCUT2D eigenvalue weighted by molar-refractivity contribution is -0.147. The van der Waals surface area contributed by atoms with Crippen molar-refractivity contribution in [1.29, 1.82) is 0 Å². The van der Waals surface area contributed by atoms with Crippen molar-refractivity contribution in [2.24, 2.45) is 0 Å². The molecule has 28 heavy (non-hydrogen) atoms. The minimum absolute atomic E-state index is 0.0175. The Labute approximate surface area is 161 Å². The van der Waals surface area contributed by atoms with Crippen molar-refractivity contribution < 1.29 is 27.2 Å². The number of amides is 1. The molecule has 146 valence electrons. The molecule has 0 aliphatic carbocycles. The summed E-state index contributed by atoms with van der Waals surface area (Å²) < 4.78 is 33.5. The number of carbonyl (C=O) groups excluding carboxylic acids is 2. The van der Waals surface area contributed by atoms with E-state index in [4.69, 9.17) is 9.15 Å². The van der Waals surface area contributed by atoms with Gasteiger partial charge >= 0.3 is 5.97 Å². The van der Waals surface area contributed by atoms with Gasteiger partial charge in [0.2, 0.25) is 0 Å². The summed E-state index contributed by atoms with van der Waals surface area (Å²) in [6.07, 6.45) is 1.35. The number of nitrogens with zero attached hydrogens (tertiary/aromatic N) is 1. The van der Waals surface area contributed by atoms with Gasteiger partial charge in [0.1, 0.15) is 5.52 Å². The van der Waals surface area contributed by atoms with Crippen LogP contribution in [0.5, 0.6) is 0 Å². The maximum atomic E-state index is 11.9. The number of rotatable bonds is 7. The minimum atomic E-state index is -3.38. The third-order valence-corrected chi connectivity index (χ3v) is 4.90. The van der Waals surface area contributed by atoms with Gasteiger partial charge in [-0.1, -0.05) is 18.2 Å². The van der Waals surface area contributed by atoms with Gasteiger partial charge in [0, 0.05) is 18.4 Å². The van der Waals surface area contributed by atoms with Crippen LogP contribution in [0.15, 0.2) is 57.8 Å². The molecular formula is C19H18N2O6S. The van der Waals surface area contributed by atoms with Gasteiger partial charge in [-0.05, 0) is 30.3 Å². The Bertz CT molecular complexity index is 1090. The van der Waals surface area contributed by atoms with Crippen molar-refractivity contribution in [3.05, 3.63) is 54.4 Å². The van der Waals surface area contributed by atoms with Gasteiger partial charge in [-0.2, -0.15) is 0 Å². The summed E-state index contributed by atoms with van der Waals surface area (Å²) in [4.78, 5) is 28.1. The molecule has 1 aromatic heterocycles. The summed E-state index contributed by atoms with van der Waals surface area (Å²) in [5, 5.41) is 2.49. The fraction of sp³-hybridized carbons (Fsp3) is 0.211. The third-order valence-electron chi connectivity index (χ3n) is 3.79. The molecule has 0 unspecified atom stereocenters. The number of ether oxygens (including phenoxy) is 1. The Morgan fingerprint density at radius 2 is 1.93 bits per heavy atom. The fourth-order valence-electron chi connectivity index (χ4n) is 2.46. The second-order valence-corrected chi connectivity index (χ2v) is 8.10. The molecule has 3 rings (SSSR count). The Kier molecular flexibility index (Phi) is 5.74. The third kappa shape index (κ3) is 5.17. The number of hydrogen-bond donors (Lipinski definition) is 1. The van der Waals surface area contributed by atoms with E-state index in [0.717, 1.165) is 6.26 Å². The molecule has 9 heteroatoms. The van der Waals surface area contributed by atoms with Crippen LogP contribution in [0.2, 0.25) is 0 Å². The van der Waals surface area contributed by atoms with Gasteiger partial charge in [-0.25, -0.2) is 13.4 Å². The van der Waals surface area contributed by atoms with Crippen molar-refractivity contribution in [1.82, 2.24) is 4.98 Å². The van der Waals surface area contributed by atoms with Gasteiger partial charge < -0.3 is 14.5 Å². The van der Waals surface area contributed by atoms with Crippen LogP contribution in [0.3, 0.4) is 0 Å². The quantitative estimate of drug-likeness (QED) is 0.603. The van der Waals surface area contributed by atoms with Crippen LogP contribution in [0.4, 0.5) is 5.69 Å². The number of fused-ring (bicyclic) bond motifs is 1. The molecule has 0 aliphatic heterocycles. The standard InChI is InChI=1S/C19H18N2O6S/c1-28(24,25)14-6-4-5-13(11-14)20-17(22)12-26-19(23)10-9-18-21-15-7-2-3-8-16(15)27-18/h2-8,11H,9-10,12H2,1H3,(H,20,22). The molecule has 1 amide bonds. The smallest absolute Gasteiger partial charge is 0.306 e. The summed E-state index contributed by atoms with van der Waals surface area (Å²) >= 11 is 0. The largest absolute Gasteiger partial charge is 0.456 e. The number of aromatic nitrogens is 1. The number of carbonyl (C=O) groups is 2. The van der Waals surface area contributed by atoms with Gasteiger partial charge in [0.25, 0.3) is 5.91 Å². The van der Waals surface area contributed by atoms with Crippen LogP contribution in [-0.4, -0.2) is 38.1 Å². The monoisotopic (exact) mass is 402 g/mol. The number of aryl methyl sites for hydroxylation is 1. The average Bonchev–Trinajstić information content (AvgIpc) is 3.07. The van der Waals surface area contributed by atoms with Crippen LogP contribution in [0.25, 0.3) is 11.1 Å². The van der Waals surface area contributed by atoms with Crippen LogP contribution in [0.1, 0.15) is 12.3 Å². The van der Waals surface area contributed by atoms with Crippen molar-refractivity contribution in [3.8, 4) is 0 Å². The van der Waals surface area contributed by atoms with E-state index < -0.39 is 28.3 Å². The van der Waals surface area contributed by atoms with Gasteiger partial charge in [0.05, 0.1) is 11.3 Å². The molecule has 3 aromatic rings. The highest BCUT2D eigenvalue weighted by atomic mass is 32.2. The first-order valence-corrected chi connectivity index (χ1v) is 10.3. The summed E-state index contributed by atoms with van der Waals surface area (Å²) in [7, 11) is -3.38. The average molecular weight is 402 g/mol. The van der Waals surface area contributed by atoms with E-state index in [2.05, 4.69) is 10.3 Å². The lowest BCUT2D eigenvalue weighted by Crippen LogP contribution is -2.21. The first kappa shape index (κ1) is 19.6. The molecular weight excluding hydrogens is 384 g/mol. The number of anilines is 1. The van der Waals surface area contributed by atoms with E-state index in [0.29, 0.717) is 22.7 Å². The molecule has 0 atom stereocenters. The number of esters is 1. The molecule has 0 saturated heterocycles. The zero-order valence-electron chi connectivity index (χ0n) is 15.0. The number of oxazole rings is 1. The number of hydrogen-bond acceptors (Lipinski definition) is 7. The first-order chi connectivity index (χ1) is 13.3. The Hall–Kier alpha value is -3.20. The van der Waals surface area contributed by atoms with E-state index in [9.17, 15) is 18.0 Å². The topological polar surface area (TPSA) is 116 Å². The summed E-state index contributed by atoms with van der Waals surface area (Å²) in [6, 6.07) is 13.1. The second kappa shape index (κ2) is 8.22. The highest BCUT2D eigenvalue weighted by Gasteiger charge is 2.12. The van der Waals surface area contributed by atoms with Crippen molar-refractivity contribution in [2.45, 2.75) is 17.7 Å². The van der Waals surface area contributed by atoms with E-state index in [1.165, 1.54) is 18.2 Å². The molecule has 0 aliphatic rings. The second-order valence-electron chi connectivity index (χ2n) is 6.08. The molecule has 1 heterocycles. The lowest BCUT2D eigenvalue weighted by Gasteiger charge is -2.07. The highest BCUT2D eigenvalue weighted by Crippen LogP contribution is 2.16. The van der Waals surface area contributed by atoms with E-state index in [-0.39, 0.29) is 17.7 Å². The molecule has 0 fully saturated rings. The minimum Gasteiger partial charge on any atom is -0.456 e. The van der Waals surface area contributed by atoms with Crippen LogP contribution >= 0.6 is 0 Å². The Morgan fingerprint density at radius 3 is 2.68 bits per heavy atom. The fourth-order valence-corrected chi connectivity index (χ4v) is 3.12. The number of benzene rings is 2. The summed E-state index contributed by atoms with van der Waals surface area (Å²) in [5.41, 5.74) is 1.65. The van der Waals surface area contributed by atoms with Crippen LogP contribution in [-0.2, 0) is 30.6 Å². The normalized spacial score (nSPS) is 11.3. The molecule has 0 spiro atoms. The maximum absolute atomic E-state index is 11.9. The predicted molar refractivity (Wildman–Crippen MR) is 101 cm³/mol.